The second kappa shape index (κ2) is 10.3. The molecule has 0 bridgehead atoms. The molecule has 2 aliphatic rings. The van der Waals surface area contributed by atoms with Crippen molar-refractivity contribution in [1.82, 2.24) is 0 Å². The maximum Gasteiger partial charge on any atom is 0.356 e. The fourth-order valence-electron chi connectivity index (χ4n) is 3.22. The topological polar surface area (TPSA) is 256 Å². The molecule has 16 heteroatoms. The summed E-state index contributed by atoms with van der Waals surface area (Å²) in [5.41, 5.74) is 0. The predicted molar refractivity (Wildman–Crippen MR) is 95.0 cm³/mol. The molecule has 2 aliphatic heterocycles. The number of hydrogen-bond donors (Lipinski definition) is 10. The van der Waals surface area contributed by atoms with Crippen LogP contribution in [-0.4, -0.2) is 137 Å². The van der Waals surface area contributed by atoms with E-state index >= 15 is 0 Å². The standard InChI is InChI=1S/C15H29O15P/c1-5(13(23)31(24,25)26)27-3-7-9(19)12(22)15(4-17,29-7)30-14-11(21)10(20)8(18)6(2-16)28-14/h5-14,16-23H,2-4H2,1H3,(H2,24,25,26)/t5-,6-,7-,8-,9-,10+,11-,12+,13-,14-,15+/m1/s1. The van der Waals surface area contributed by atoms with Crippen LogP contribution in [0.25, 0.3) is 0 Å². The zero-order chi connectivity index (χ0) is 23.7. The fraction of sp³-hybridized carbons (Fsp3) is 1.00. The van der Waals surface area contributed by atoms with E-state index in [2.05, 4.69) is 0 Å². The van der Waals surface area contributed by atoms with E-state index < -0.39 is 94.2 Å². The Bertz CT molecular complexity index is 630. The van der Waals surface area contributed by atoms with Crippen molar-refractivity contribution in [3.8, 4) is 0 Å². The number of aliphatic hydroxyl groups excluding tert-OH is 8. The molecule has 0 aliphatic carbocycles. The zero-order valence-electron chi connectivity index (χ0n) is 16.4. The molecule has 0 aromatic heterocycles. The highest BCUT2D eigenvalue weighted by atomic mass is 31.2. The third kappa shape index (κ3) is 5.60. The normalized spacial score (nSPS) is 43.7. The third-order valence-electron chi connectivity index (χ3n) is 5.18. The van der Waals surface area contributed by atoms with Gasteiger partial charge in [0.1, 0.15) is 49.3 Å². The summed E-state index contributed by atoms with van der Waals surface area (Å²) in [5.74, 6) is -4.56. The number of hydrogen-bond acceptors (Lipinski definition) is 13. The first-order valence-corrected chi connectivity index (χ1v) is 10.9. The first-order chi connectivity index (χ1) is 14.3. The van der Waals surface area contributed by atoms with Gasteiger partial charge in [0.25, 0.3) is 0 Å². The SMILES string of the molecule is C[C@@H](OC[C@H]1O[C@@](CO)(O[C@H]2O[C@H](CO)[C@@H](O)[C@H](O)[C@H]2O)[C@@H](O)[C@@H]1O)[C@H](O)P(=O)(O)O. The molecule has 2 rings (SSSR count). The van der Waals surface area contributed by atoms with E-state index in [0.29, 0.717) is 0 Å². The van der Waals surface area contributed by atoms with Gasteiger partial charge in [0, 0.05) is 0 Å². The van der Waals surface area contributed by atoms with Crippen molar-refractivity contribution in [2.45, 2.75) is 73.7 Å². The van der Waals surface area contributed by atoms with Crippen LogP contribution < -0.4 is 0 Å². The second-order valence-corrected chi connectivity index (χ2v) is 9.13. The van der Waals surface area contributed by atoms with Crippen LogP contribution in [0.1, 0.15) is 6.92 Å². The maximum absolute atomic E-state index is 11.1. The third-order valence-corrected chi connectivity index (χ3v) is 6.29. The van der Waals surface area contributed by atoms with E-state index in [1.807, 2.05) is 0 Å². The smallest absolute Gasteiger partial charge is 0.356 e. The minimum absolute atomic E-state index is 0.601. The van der Waals surface area contributed by atoms with E-state index in [4.69, 9.17) is 28.7 Å². The van der Waals surface area contributed by atoms with E-state index in [9.17, 15) is 45.4 Å². The summed E-state index contributed by atoms with van der Waals surface area (Å²) in [6.45, 7) is -1.31. The molecule has 15 nitrogen and oxygen atoms in total. The molecule has 11 atom stereocenters. The van der Waals surface area contributed by atoms with Crippen molar-refractivity contribution in [2.75, 3.05) is 19.8 Å². The summed E-state index contributed by atoms with van der Waals surface area (Å²) in [4.78, 5) is 17.9. The number of ether oxygens (including phenoxy) is 4. The Kier molecular flexibility index (Phi) is 8.94. The van der Waals surface area contributed by atoms with Gasteiger partial charge in [-0.15, -0.1) is 0 Å². The minimum atomic E-state index is -4.88. The summed E-state index contributed by atoms with van der Waals surface area (Å²) in [6, 6.07) is 0. The predicted octanol–water partition coefficient (Wildman–Crippen LogP) is -5.49. The van der Waals surface area contributed by atoms with Gasteiger partial charge in [-0.2, -0.15) is 0 Å². The summed E-state index contributed by atoms with van der Waals surface area (Å²) in [7, 11) is -4.88. The van der Waals surface area contributed by atoms with Gasteiger partial charge in [-0.05, 0) is 6.92 Å². The van der Waals surface area contributed by atoms with Crippen LogP contribution in [0.4, 0.5) is 0 Å². The average molecular weight is 480 g/mol. The zero-order valence-corrected chi connectivity index (χ0v) is 17.2. The Morgan fingerprint density at radius 2 is 1.61 bits per heavy atom. The molecule has 0 aromatic carbocycles. The number of rotatable bonds is 9. The Balaban J connectivity index is 2.10. The van der Waals surface area contributed by atoms with Crippen molar-refractivity contribution in [1.29, 1.82) is 0 Å². The average Bonchev–Trinajstić information content (AvgIpc) is 2.96. The fourth-order valence-corrected chi connectivity index (χ4v) is 3.86. The Labute approximate surface area is 176 Å². The highest BCUT2D eigenvalue weighted by Crippen LogP contribution is 2.42. The van der Waals surface area contributed by atoms with Gasteiger partial charge < -0.3 is 69.6 Å². The number of aliphatic hydroxyl groups is 8. The van der Waals surface area contributed by atoms with Gasteiger partial charge in [-0.25, -0.2) is 0 Å². The Morgan fingerprint density at radius 1 is 1.00 bits per heavy atom. The van der Waals surface area contributed by atoms with Gasteiger partial charge in [-0.1, -0.05) is 0 Å². The largest absolute Gasteiger partial charge is 0.394 e. The van der Waals surface area contributed by atoms with Crippen LogP contribution in [0.3, 0.4) is 0 Å². The van der Waals surface area contributed by atoms with E-state index in [-0.39, 0.29) is 0 Å². The molecule has 0 saturated carbocycles. The van der Waals surface area contributed by atoms with E-state index in [1.165, 1.54) is 0 Å². The minimum Gasteiger partial charge on any atom is -0.394 e. The molecule has 2 saturated heterocycles. The maximum atomic E-state index is 11.1. The van der Waals surface area contributed by atoms with Gasteiger partial charge in [-0.3, -0.25) is 4.57 Å². The van der Waals surface area contributed by atoms with Crippen LogP contribution in [0.2, 0.25) is 0 Å². The molecule has 0 aromatic rings. The molecule has 0 unspecified atom stereocenters. The van der Waals surface area contributed by atoms with Crippen molar-refractivity contribution in [3.63, 3.8) is 0 Å². The lowest BCUT2D eigenvalue weighted by Gasteiger charge is -2.43. The van der Waals surface area contributed by atoms with Gasteiger partial charge in [0.15, 0.2) is 12.1 Å². The monoisotopic (exact) mass is 480 g/mol. The molecule has 10 N–H and O–H groups in total. The highest BCUT2D eigenvalue weighted by molar-refractivity contribution is 7.52. The molecule has 184 valence electrons. The summed E-state index contributed by atoms with van der Waals surface area (Å²) in [6.07, 6.45) is -15.1. The van der Waals surface area contributed by atoms with E-state index in [0.717, 1.165) is 6.92 Å². The summed E-state index contributed by atoms with van der Waals surface area (Å²) < 4.78 is 32.0. The quantitative estimate of drug-likeness (QED) is 0.138. The van der Waals surface area contributed by atoms with Crippen molar-refractivity contribution < 1.29 is 74.2 Å². The van der Waals surface area contributed by atoms with E-state index in [1.54, 1.807) is 0 Å². The van der Waals surface area contributed by atoms with Gasteiger partial charge >= 0.3 is 7.60 Å². The van der Waals surface area contributed by atoms with Crippen LogP contribution in [0, 0.1) is 0 Å². The lowest BCUT2D eigenvalue weighted by Crippen LogP contribution is -2.62. The van der Waals surface area contributed by atoms with Gasteiger partial charge in [0.05, 0.1) is 19.3 Å². The first-order valence-electron chi connectivity index (χ1n) is 9.27. The molecular formula is C15H29O15P. The van der Waals surface area contributed by atoms with Crippen molar-refractivity contribution in [2.24, 2.45) is 0 Å². The Hall–Kier alpha value is -0.330. The molecule has 2 fully saturated rings. The molecule has 0 spiro atoms. The lowest BCUT2D eigenvalue weighted by molar-refractivity contribution is -0.384. The lowest BCUT2D eigenvalue weighted by atomic mass is 9.99. The first kappa shape index (κ1) is 26.9. The second-order valence-electron chi connectivity index (χ2n) is 7.42. The van der Waals surface area contributed by atoms with Crippen LogP contribution in [0.5, 0.6) is 0 Å². The van der Waals surface area contributed by atoms with Crippen molar-refractivity contribution >= 4 is 7.60 Å². The summed E-state index contributed by atoms with van der Waals surface area (Å²) in [5, 5.41) is 78.8. The highest BCUT2D eigenvalue weighted by Gasteiger charge is 2.58. The Morgan fingerprint density at radius 3 is 2.13 bits per heavy atom. The molecule has 31 heavy (non-hydrogen) atoms. The van der Waals surface area contributed by atoms with Gasteiger partial charge in [0.2, 0.25) is 5.79 Å². The molecule has 2 heterocycles. The van der Waals surface area contributed by atoms with Crippen LogP contribution in [0.15, 0.2) is 0 Å². The summed E-state index contributed by atoms with van der Waals surface area (Å²) >= 11 is 0. The molecule has 0 radical (unpaired) electrons. The van der Waals surface area contributed by atoms with Crippen LogP contribution >= 0.6 is 7.60 Å². The molecule has 0 amide bonds. The molecular weight excluding hydrogens is 451 g/mol. The van der Waals surface area contributed by atoms with Crippen LogP contribution in [-0.2, 0) is 23.5 Å². The van der Waals surface area contributed by atoms with Crippen molar-refractivity contribution in [3.05, 3.63) is 0 Å².